The van der Waals surface area contributed by atoms with Gasteiger partial charge in [-0.15, -0.1) is 0 Å². The average Bonchev–Trinajstić information content (AvgIpc) is 3.03. The fourth-order valence-electron chi connectivity index (χ4n) is 3.25. The molecule has 2 fully saturated rings. The van der Waals surface area contributed by atoms with Gasteiger partial charge in [-0.2, -0.15) is 0 Å². The molecule has 0 bridgehead atoms. The summed E-state index contributed by atoms with van der Waals surface area (Å²) in [4.78, 5) is 18.7. The Morgan fingerprint density at radius 3 is 2.32 bits per heavy atom. The van der Waals surface area contributed by atoms with Gasteiger partial charge in [-0.3, -0.25) is 14.6 Å². The first kappa shape index (κ1) is 15.4. The number of hydrogen-bond donors (Lipinski definition) is 0. The molecule has 0 unspecified atom stereocenters. The molecule has 2 aliphatic rings. The zero-order valence-electron chi connectivity index (χ0n) is 13.0. The van der Waals surface area contributed by atoms with Crippen LogP contribution in [0.25, 0.3) is 0 Å². The van der Waals surface area contributed by atoms with E-state index in [0.717, 1.165) is 44.8 Å². The van der Waals surface area contributed by atoms with Crippen LogP contribution in [0, 0.1) is 5.82 Å². The topological polar surface area (TPSA) is 26.8 Å². The van der Waals surface area contributed by atoms with E-state index in [4.69, 9.17) is 0 Å². The Kier molecular flexibility index (Phi) is 5.05. The molecule has 0 spiro atoms. The Bertz CT molecular complexity index is 508. The monoisotopic (exact) mass is 305 g/mol. The predicted molar refractivity (Wildman–Crippen MR) is 83.9 cm³/mol. The molecule has 0 radical (unpaired) electrons. The van der Waals surface area contributed by atoms with Crippen molar-refractivity contribution in [2.45, 2.75) is 19.4 Å². The summed E-state index contributed by atoms with van der Waals surface area (Å²) in [5.41, 5.74) is 0.736. The third-order valence-corrected chi connectivity index (χ3v) is 4.63. The van der Waals surface area contributed by atoms with Crippen LogP contribution in [-0.4, -0.2) is 66.4 Å². The van der Waals surface area contributed by atoms with Crippen molar-refractivity contribution in [1.29, 1.82) is 0 Å². The molecule has 4 nitrogen and oxygen atoms in total. The minimum Gasteiger partial charge on any atom is -0.339 e. The molecule has 0 aliphatic carbocycles. The van der Waals surface area contributed by atoms with E-state index in [9.17, 15) is 9.18 Å². The van der Waals surface area contributed by atoms with E-state index < -0.39 is 0 Å². The number of amides is 1. The van der Waals surface area contributed by atoms with Crippen LogP contribution >= 0.6 is 0 Å². The number of nitrogens with zero attached hydrogens (tertiary/aromatic N) is 3. The van der Waals surface area contributed by atoms with Gasteiger partial charge in [0.2, 0.25) is 5.91 Å². The molecule has 120 valence electrons. The molecule has 0 aromatic heterocycles. The predicted octanol–water partition coefficient (Wildman–Crippen LogP) is 1.57. The quantitative estimate of drug-likeness (QED) is 0.845. The lowest BCUT2D eigenvalue weighted by atomic mass is 10.2. The number of carbonyl (C=O) groups is 1. The number of likely N-dealkylation sites (tertiary alicyclic amines) is 1. The van der Waals surface area contributed by atoms with Gasteiger partial charge in [0.25, 0.3) is 0 Å². The molecular weight excluding hydrogens is 281 g/mol. The Labute approximate surface area is 131 Å². The van der Waals surface area contributed by atoms with Crippen molar-refractivity contribution in [3.63, 3.8) is 0 Å². The van der Waals surface area contributed by atoms with Crippen LogP contribution in [0.3, 0.4) is 0 Å². The number of benzene rings is 1. The first-order chi connectivity index (χ1) is 10.7. The van der Waals surface area contributed by atoms with Crippen LogP contribution in [0.15, 0.2) is 24.3 Å². The van der Waals surface area contributed by atoms with Gasteiger partial charge in [-0.25, -0.2) is 4.39 Å². The van der Waals surface area contributed by atoms with Crippen LogP contribution in [-0.2, 0) is 11.3 Å². The first-order valence-corrected chi connectivity index (χ1v) is 8.18. The zero-order chi connectivity index (χ0) is 15.4. The summed E-state index contributed by atoms with van der Waals surface area (Å²) >= 11 is 0. The minimum absolute atomic E-state index is 0.143. The number of halogens is 1. The Hall–Kier alpha value is -1.46. The standard InChI is InChI=1S/C17H24FN3O/c18-16-6-2-1-5-15(16)13-20-9-11-21(12-10-20)17(22)14-19-7-3-4-8-19/h1-2,5-6H,3-4,7-14H2. The summed E-state index contributed by atoms with van der Waals surface area (Å²) in [7, 11) is 0. The molecule has 22 heavy (non-hydrogen) atoms. The van der Waals surface area contributed by atoms with Gasteiger partial charge < -0.3 is 4.90 Å². The summed E-state index contributed by atoms with van der Waals surface area (Å²) in [6.07, 6.45) is 2.42. The molecule has 0 atom stereocenters. The number of hydrogen-bond acceptors (Lipinski definition) is 3. The highest BCUT2D eigenvalue weighted by molar-refractivity contribution is 5.78. The number of carbonyl (C=O) groups excluding carboxylic acids is 1. The first-order valence-electron chi connectivity index (χ1n) is 8.18. The molecule has 0 N–H and O–H groups in total. The molecule has 2 heterocycles. The molecule has 3 rings (SSSR count). The fraction of sp³-hybridized carbons (Fsp3) is 0.588. The lowest BCUT2D eigenvalue weighted by Gasteiger charge is -2.35. The highest BCUT2D eigenvalue weighted by atomic mass is 19.1. The summed E-state index contributed by atoms with van der Waals surface area (Å²) in [5.74, 6) is 0.0995. The molecule has 2 aliphatic heterocycles. The number of piperazine rings is 1. The molecule has 1 aromatic carbocycles. The van der Waals surface area contributed by atoms with Crippen molar-refractivity contribution in [3.8, 4) is 0 Å². The van der Waals surface area contributed by atoms with Gasteiger partial charge in [0.1, 0.15) is 5.82 Å². The summed E-state index contributed by atoms with van der Waals surface area (Å²) in [6, 6.07) is 6.92. The Morgan fingerprint density at radius 2 is 1.64 bits per heavy atom. The second kappa shape index (κ2) is 7.20. The molecule has 1 aromatic rings. The van der Waals surface area contributed by atoms with Crippen LogP contribution in [0.2, 0.25) is 0 Å². The normalized spacial score (nSPS) is 20.5. The van der Waals surface area contributed by atoms with Crippen molar-refractivity contribution in [3.05, 3.63) is 35.6 Å². The van der Waals surface area contributed by atoms with Crippen molar-refractivity contribution in [1.82, 2.24) is 14.7 Å². The van der Waals surface area contributed by atoms with E-state index in [2.05, 4.69) is 9.80 Å². The number of rotatable bonds is 4. The summed E-state index contributed by atoms with van der Waals surface area (Å²) in [6.45, 7) is 6.44. The van der Waals surface area contributed by atoms with E-state index in [-0.39, 0.29) is 11.7 Å². The second-order valence-electron chi connectivity index (χ2n) is 6.23. The van der Waals surface area contributed by atoms with E-state index in [1.807, 2.05) is 17.0 Å². The smallest absolute Gasteiger partial charge is 0.236 e. The van der Waals surface area contributed by atoms with Gasteiger partial charge in [0, 0.05) is 38.3 Å². The minimum atomic E-state index is -0.143. The van der Waals surface area contributed by atoms with Crippen molar-refractivity contribution in [2.24, 2.45) is 0 Å². The van der Waals surface area contributed by atoms with E-state index in [0.29, 0.717) is 13.1 Å². The molecule has 0 saturated carbocycles. The van der Waals surface area contributed by atoms with Crippen LogP contribution < -0.4 is 0 Å². The average molecular weight is 305 g/mol. The van der Waals surface area contributed by atoms with Gasteiger partial charge >= 0.3 is 0 Å². The van der Waals surface area contributed by atoms with Crippen LogP contribution in [0.4, 0.5) is 4.39 Å². The lowest BCUT2D eigenvalue weighted by Crippen LogP contribution is -2.50. The molecule has 5 heteroatoms. The fourth-order valence-corrected chi connectivity index (χ4v) is 3.25. The van der Waals surface area contributed by atoms with Crippen LogP contribution in [0.5, 0.6) is 0 Å². The molecule has 1 amide bonds. The van der Waals surface area contributed by atoms with E-state index in [1.165, 1.54) is 18.9 Å². The highest BCUT2D eigenvalue weighted by Crippen LogP contribution is 2.13. The summed E-state index contributed by atoms with van der Waals surface area (Å²) < 4.78 is 13.7. The Balaban J connectivity index is 1.45. The zero-order valence-corrected chi connectivity index (χ0v) is 13.0. The SMILES string of the molecule is O=C(CN1CCCC1)N1CCN(Cc2ccccc2F)CC1. The maximum absolute atomic E-state index is 13.7. The van der Waals surface area contributed by atoms with Gasteiger partial charge in [-0.1, -0.05) is 18.2 Å². The van der Waals surface area contributed by atoms with Gasteiger partial charge in [-0.05, 0) is 32.0 Å². The molecule has 2 saturated heterocycles. The van der Waals surface area contributed by atoms with Crippen molar-refractivity contribution in [2.75, 3.05) is 45.8 Å². The summed E-state index contributed by atoms with van der Waals surface area (Å²) in [5, 5.41) is 0. The van der Waals surface area contributed by atoms with E-state index in [1.54, 1.807) is 6.07 Å². The van der Waals surface area contributed by atoms with Crippen molar-refractivity contribution >= 4 is 5.91 Å². The van der Waals surface area contributed by atoms with Gasteiger partial charge in [0.05, 0.1) is 6.54 Å². The van der Waals surface area contributed by atoms with Crippen LogP contribution in [0.1, 0.15) is 18.4 Å². The highest BCUT2D eigenvalue weighted by Gasteiger charge is 2.24. The third-order valence-electron chi connectivity index (χ3n) is 4.63. The second-order valence-corrected chi connectivity index (χ2v) is 6.23. The van der Waals surface area contributed by atoms with Crippen molar-refractivity contribution < 1.29 is 9.18 Å². The van der Waals surface area contributed by atoms with E-state index >= 15 is 0 Å². The maximum atomic E-state index is 13.7. The maximum Gasteiger partial charge on any atom is 0.236 e. The molecular formula is C17H24FN3O. The Morgan fingerprint density at radius 1 is 0.955 bits per heavy atom. The third kappa shape index (κ3) is 3.84. The lowest BCUT2D eigenvalue weighted by molar-refractivity contribution is -0.134. The largest absolute Gasteiger partial charge is 0.339 e. The van der Waals surface area contributed by atoms with Gasteiger partial charge in [0.15, 0.2) is 0 Å².